The molecule has 0 aliphatic heterocycles. The lowest BCUT2D eigenvalue weighted by Crippen LogP contribution is -2.47. The summed E-state index contributed by atoms with van der Waals surface area (Å²) >= 11 is 0. The molecule has 1 saturated carbocycles. The maximum atomic E-state index is 12.6. The zero-order valence-electron chi connectivity index (χ0n) is 21.5. The molecule has 10 heteroatoms. The van der Waals surface area contributed by atoms with Crippen LogP contribution < -0.4 is 10.5 Å². The molecule has 2 aromatic heterocycles. The van der Waals surface area contributed by atoms with Gasteiger partial charge in [-0.15, -0.1) is 0 Å². The van der Waals surface area contributed by atoms with Crippen LogP contribution in [0.25, 0.3) is 16.8 Å². The Kier molecular flexibility index (Phi) is 7.13. The molecule has 200 valence electrons. The molecule has 38 heavy (non-hydrogen) atoms. The van der Waals surface area contributed by atoms with Gasteiger partial charge in [-0.3, -0.25) is 8.58 Å². The number of aryl methyl sites for hydroxylation is 1. The first-order chi connectivity index (χ1) is 18.2. The van der Waals surface area contributed by atoms with E-state index in [1.165, 1.54) is 12.1 Å². The van der Waals surface area contributed by atoms with Gasteiger partial charge in [0.15, 0.2) is 0 Å². The Hall–Kier alpha value is -3.47. The Labute approximate surface area is 222 Å². The molecule has 0 radical (unpaired) electrons. The quantitative estimate of drug-likeness (QED) is 0.224. The van der Waals surface area contributed by atoms with Crippen LogP contribution in [-0.4, -0.2) is 46.7 Å². The second-order valence-corrected chi connectivity index (χ2v) is 11.6. The lowest BCUT2D eigenvalue weighted by Gasteiger charge is -2.42. The molecule has 0 atom stereocenters. The predicted octanol–water partition coefficient (Wildman–Crippen LogP) is 4.48. The van der Waals surface area contributed by atoms with E-state index in [2.05, 4.69) is 11.9 Å². The molecule has 4 aromatic rings. The number of aromatic nitrogens is 3. The van der Waals surface area contributed by atoms with E-state index >= 15 is 0 Å². The van der Waals surface area contributed by atoms with Crippen LogP contribution in [-0.2, 0) is 14.3 Å². The highest BCUT2D eigenvalue weighted by atomic mass is 32.2. The van der Waals surface area contributed by atoms with Crippen LogP contribution in [0.2, 0.25) is 0 Å². The van der Waals surface area contributed by atoms with Gasteiger partial charge in [0.25, 0.3) is 10.1 Å². The minimum absolute atomic E-state index is 0.0651. The van der Waals surface area contributed by atoms with Gasteiger partial charge in [-0.05, 0) is 50.5 Å². The second-order valence-electron chi connectivity index (χ2n) is 9.94. The second kappa shape index (κ2) is 10.4. The van der Waals surface area contributed by atoms with E-state index in [0.717, 1.165) is 35.5 Å². The lowest BCUT2D eigenvalue weighted by atomic mass is 9.71. The number of benzene rings is 2. The summed E-state index contributed by atoms with van der Waals surface area (Å²) < 4.78 is 38.2. The largest absolute Gasteiger partial charge is 0.494 e. The van der Waals surface area contributed by atoms with Gasteiger partial charge in [-0.2, -0.15) is 8.42 Å². The van der Waals surface area contributed by atoms with Crippen molar-refractivity contribution in [3.8, 4) is 17.0 Å². The molecule has 0 unspecified atom stereocenters. The number of imidazole rings is 1. The van der Waals surface area contributed by atoms with Crippen LogP contribution in [0.3, 0.4) is 0 Å². The van der Waals surface area contributed by atoms with E-state index in [0.29, 0.717) is 36.5 Å². The molecule has 2 aromatic carbocycles. The van der Waals surface area contributed by atoms with Gasteiger partial charge in [-0.1, -0.05) is 43.2 Å². The monoisotopic (exact) mass is 536 g/mol. The van der Waals surface area contributed by atoms with E-state index in [4.69, 9.17) is 19.6 Å². The van der Waals surface area contributed by atoms with Gasteiger partial charge in [0, 0.05) is 23.9 Å². The number of nitrogens with two attached hydrogens (primary N) is 1. The Morgan fingerprint density at radius 1 is 1.18 bits per heavy atom. The van der Waals surface area contributed by atoms with Crippen LogP contribution >= 0.6 is 0 Å². The molecule has 2 heterocycles. The number of nitrogen functional groups attached to an aromatic ring is 1. The fourth-order valence-electron chi connectivity index (χ4n) is 4.76. The topological polar surface area (TPSA) is 129 Å². The van der Waals surface area contributed by atoms with E-state index in [1.807, 2.05) is 35.6 Å². The third-order valence-corrected chi connectivity index (χ3v) is 8.17. The smallest absolute Gasteiger partial charge is 0.297 e. The third-order valence-electron chi connectivity index (χ3n) is 6.89. The molecule has 0 saturated heterocycles. The molecule has 1 aliphatic rings. The first kappa shape index (κ1) is 26.1. The SMILES string of the molecule is CCCCOc1cccc(-c2nc([C@H]3C[C@](O)(COS(=O)(=O)c4ccc(C)cc4)C3)n3ccnc(N)c23)c1. The zero-order chi connectivity index (χ0) is 26.9. The van der Waals surface area contributed by atoms with Crippen LogP contribution in [0.5, 0.6) is 5.75 Å². The first-order valence-corrected chi connectivity index (χ1v) is 14.1. The third kappa shape index (κ3) is 5.24. The van der Waals surface area contributed by atoms with Crippen LogP contribution in [0.1, 0.15) is 49.9 Å². The number of aliphatic hydroxyl groups is 1. The van der Waals surface area contributed by atoms with Gasteiger partial charge in [0.05, 0.1) is 23.7 Å². The number of anilines is 1. The minimum atomic E-state index is -3.97. The highest BCUT2D eigenvalue weighted by molar-refractivity contribution is 7.86. The Balaban J connectivity index is 1.35. The van der Waals surface area contributed by atoms with Crippen molar-refractivity contribution in [1.29, 1.82) is 0 Å². The Bertz CT molecular complexity index is 1540. The van der Waals surface area contributed by atoms with Crippen molar-refractivity contribution in [3.05, 3.63) is 72.3 Å². The highest BCUT2D eigenvalue weighted by Crippen LogP contribution is 2.46. The summed E-state index contributed by atoms with van der Waals surface area (Å²) in [6.07, 6.45) is 6.04. The normalized spacial score (nSPS) is 19.4. The molecule has 5 rings (SSSR count). The molecule has 0 spiro atoms. The molecule has 0 bridgehead atoms. The fourth-order valence-corrected chi connectivity index (χ4v) is 5.74. The predicted molar refractivity (Wildman–Crippen MR) is 144 cm³/mol. The maximum absolute atomic E-state index is 12.6. The number of unbranched alkanes of at least 4 members (excludes halogenated alkanes) is 1. The minimum Gasteiger partial charge on any atom is -0.494 e. The summed E-state index contributed by atoms with van der Waals surface area (Å²) in [6.45, 7) is 4.31. The number of hydrogen-bond acceptors (Lipinski definition) is 8. The van der Waals surface area contributed by atoms with Gasteiger partial charge in [-0.25, -0.2) is 9.97 Å². The van der Waals surface area contributed by atoms with Crippen molar-refractivity contribution in [2.75, 3.05) is 18.9 Å². The number of ether oxygens (including phenoxy) is 1. The van der Waals surface area contributed by atoms with E-state index in [9.17, 15) is 13.5 Å². The summed E-state index contributed by atoms with van der Waals surface area (Å²) in [5, 5.41) is 11.0. The van der Waals surface area contributed by atoms with Crippen LogP contribution in [0.4, 0.5) is 5.82 Å². The number of hydrogen-bond donors (Lipinski definition) is 2. The van der Waals surface area contributed by atoms with Gasteiger partial charge in [0.2, 0.25) is 0 Å². The first-order valence-electron chi connectivity index (χ1n) is 12.7. The standard InChI is InChI=1S/C28H32N4O5S/c1-3-4-14-36-22-7-5-6-20(15-22)24-25-26(29)30-12-13-32(25)27(31-24)21-16-28(33,17-21)18-37-38(34,35)23-10-8-19(2)9-11-23/h5-13,15,21,33H,3-4,14,16-18H2,1-2H3,(H2,29,30)/t21-,28+. The van der Waals surface area contributed by atoms with E-state index in [-0.39, 0.29) is 17.4 Å². The van der Waals surface area contributed by atoms with Crippen molar-refractivity contribution < 1.29 is 22.4 Å². The molecule has 3 N–H and O–H groups in total. The summed E-state index contributed by atoms with van der Waals surface area (Å²) in [5.41, 5.74) is 8.16. The maximum Gasteiger partial charge on any atom is 0.297 e. The molecular formula is C28H32N4O5S. The van der Waals surface area contributed by atoms with E-state index < -0.39 is 15.7 Å². The summed E-state index contributed by atoms with van der Waals surface area (Å²) in [7, 11) is -3.97. The van der Waals surface area contributed by atoms with Crippen LogP contribution in [0, 0.1) is 6.92 Å². The number of rotatable bonds is 10. The average molecular weight is 537 g/mol. The molecule has 9 nitrogen and oxygen atoms in total. The van der Waals surface area contributed by atoms with Crippen molar-refractivity contribution >= 4 is 21.5 Å². The number of nitrogens with zero attached hydrogens (tertiary/aromatic N) is 3. The summed E-state index contributed by atoms with van der Waals surface area (Å²) in [5.74, 6) is 1.72. The fraction of sp³-hybridized carbons (Fsp3) is 0.357. The lowest BCUT2D eigenvalue weighted by molar-refractivity contribution is -0.0800. The molecule has 0 amide bonds. The van der Waals surface area contributed by atoms with Gasteiger partial charge < -0.3 is 15.6 Å². The summed E-state index contributed by atoms with van der Waals surface area (Å²) in [6, 6.07) is 14.1. The molecule has 1 fully saturated rings. The highest BCUT2D eigenvalue weighted by Gasteiger charge is 2.46. The van der Waals surface area contributed by atoms with Gasteiger partial charge in [0.1, 0.15) is 28.6 Å². The Morgan fingerprint density at radius 2 is 1.95 bits per heavy atom. The summed E-state index contributed by atoms with van der Waals surface area (Å²) in [4.78, 5) is 9.25. The Morgan fingerprint density at radius 3 is 2.68 bits per heavy atom. The number of fused-ring (bicyclic) bond motifs is 1. The molecule has 1 aliphatic carbocycles. The van der Waals surface area contributed by atoms with Crippen LogP contribution in [0.15, 0.2) is 65.8 Å². The van der Waals surface area contributed by atoms with E-state index in [1.54, 1.807) is 24.5 Å². The van der Waals surface area contributed by atoms with Crippen molar-refractivity contribution in [1.82, 2.24) is 14.4 Å². The van der Waals surface area contributed by atoms with Crippen molar-refractivity contribution in [2.24, 2.45) is 0 Å². The van der Waals surface area contributed by atoms with Crippen molar-refractivity contribution in [2.45, 2.75) is 55.9 Å². The average Bonchev–Trinajstić information content (AvgIpc) is 3.27. The zero-order valence-corrected chi connectivity index (χ0v) is 22.3. The van der Waals surface area contributed by atoms with Crippen molar-refractivity contribution in [3.63, 3.8) is 0 Å². The molecular weight excluding hydrogens is 504 g/mol. The van der Waals surface area contributed by atoms with Gasteiger partial charge >= 0.3 is 0 Å².